The number of carbonyl (C=O) groups is 1. The van der Waals surface area contributed by atoms with Gasteiger partial charge in [0.2, 0.25) is 6.10 Å². The summed E-state index contributed by atoms with van der Waals surface area (Å²) in [7, 11) is 0. The fourth-order valence-corrected chi connectivity index (χ4v) is 3.17. The Kier molecular flexibility index (Phi) is 3.94. The summed E-state index contributed by atoms with van der Waals surface area (Å²) >= 11 is 0. The predicted molar refractivity (Wildman–Crippen MR) is 106 cm³/mol. The van der Waals surface area contributed by atoms with Gasteiger partial charge in [0.15, 0.2) is 11.5 Å². The molecule has 0 fully saturated rings. The van der Waals surface area contributed by atoms with Crippen LogP contribution in [-0.4, -0.2) is 28.0 Å². The van der Waals surface area contributed by atoms with Crippen LogP contribution in [0.4, 0.5) is 5.69 Å². The van der Waals surface area contributed by atoms with Crippen LogP contribution in [0.2, 0.25) is 0 Å². The van der Waals surface area contributed by atoms with Crippen LogP contribution in [0.5, 0.6) is 11.5 Å². The fraction of sp³-hybridized carbons (Fsp3) is 0.0909. The van der Waals surface area contributed by atoms with Crippen molar-refractivity contribution in [2.45, 2.75) is 6.10 Å². The predicted octanol–water partition coefficient (Wildman–Crippen LogP) is 3.78. The first-order valence-corrected chi connectivity index (χ1v) is 9.00. The molecule has 6 nitrogen and oxygen atoms in total. The van der Waals surface area contributed by atoms with E-state index in [4.69, 9.17) is 9.47 Å². The Morgan fingerprint density at radius 3 is 2.61 bits per heavy atom. The normalized spacial score (nSPS) is 15.4. The molecule has 0 aliphatic carbocycles. The minimum absolute atomic E-state index is 0.183. The molecule has 5 rings (SSSR count). The molecule has 1 amide bonds. The molecule has 0 spiro atoms. The van der Waals surface area contributed by atoms with Crippen LogP contribution in [-0.2, 0) is 4.79 Å². The number of nitrogens with one attached hydrogen (secondary N) is 1. The van der Waals surface area contributed by atoms with E-state index >= 15 is 0 Å². The number of aromatic nitrogens is 2. The number of ether oxygens (including phenoxy) is 2. The quantitative estimate of drug-likeness (QED) is 0.595. The number of rotatable bonds is 3. The summed E-state index contributed by atoms with van der Waals surface area (Å²) in [6.45, 7) is 0.183. The van der Waals surface area contributed by atoms with E-state index in [2.05, 4.69) is 10.3 Å². The molecule has 1 aliphatic heterocycles. The van der Waals surface area contributed by atoms with E-state index in [1.165, 1.54) is 0 Å². The van der Waals surface area contributed by atoms with Crippen molar-refractivity contribution >= 4 is 17.2 Å². The summed E-state index contributed by atoms with van der Waals surface area (Å²) in [5.41, 5.74) is 3.45. The third kappa shape index (κ3) is 3.05. The summed E-state index contributed by atoms with van der Waals surface area (Å²) in [5, 5.41) is 2.88. The minimum atomic E-state index is -0.687. The Morgan fingerprint density at radius 1 is 1.00 bits per heavy atom. The second-order valence-corrected chi connectivity index (χ2v) is 6.52. The Morgan fingerprint density at radius 2 is 1.79 bits per heavy atom. The van der Waals surface area contributed by atoms with Crippen LogP contribution in [0.25, 0.3) is 16.9 Å². The number of pyridine rings is 1. The van der Waals surface area contributed by atoms with Gasteiger partial charge in [0.25, 0.3) is 5.91 Å². The van der Waals surface area contributed by atoms with E-state index in [0.29, 0.717) is 17.2 Å². The zero-order valence-corrected chi connectivity index (χ0v) is 14.9. The van der Waals surface area contributed by atoms with E-state index in [1.54, 1.807) is 6.07 Å². The fourth-order valence-electron chi connectivity index (χ4n) is 3.17. The van der Waals surface area contributed by atoms with Crippen LogP contribution in [0.3, 0.4) is 0 Å². The van der Waals surface area contributed by atoms with Crippen LogP contribution in [0, 0.1) is 0 Å². The maximum absolute atomic E-state index is 12.5. The van der Waals surface area contributed by atoms with Crippen molar-refractivity contribution in [3.8, 4) is 22.8 Å². The average molecular weight is 371 g/mol. The zero-order chi connectivity index (χ0) is 18.9. The van der Waals surface area contributed by atoms with Gasteiger partial charge in [-0.25, -0.2) is 4.98 Å². The first-order chi connectivity index (χ1) is 13.8. The number of benzene rings is 2. The number of carbonyl (C=O) groups excluding carboxylic acids is 1. The SMILES string of the molecule is O=C(Nc1ccc(-c2cn3ccccc3n2)cc1)C1COc2ccccc2O1. The molecule has 0 saturated carbocycles. The number of amides is 1. The molecule has 0 bridgehead atoms. The number of hydrogen-bond acceptors (Lipinski definition) is 4. The smallest absolute Gasteiger partial charge is 0.269 e. The lowest BCUT2D eigenvalue weighted by Gasteiger charge is -2.25. The van der Waals surface area contributed by atoms with E-state index in [1.807, 2.05) is 77.5 Å². The third-order valence-electron chi connectivity index (χ3n) is 4.61. The van der Waals surface area contributed by atoms with E-state index in [9.17, 15) is 4.79 Å². The zero-order valence-electron chi connectivity index (χ0n) is 14.9. The van der Waals surface area contributed by atoms with E-state index in [0.717, 1.165) is 16.9 Å². The highest BCUT2D eigenvalue weighted by molar-refractivity contribution is 5.95. The second kappa shape index (κ2) is 6.74. The maximum atomic E-state index is 12.5. The average Bonchev–Trinajstić information content (AvgIpc) is 3.18. The Hall–Kier alpha value is -3.80. The molecular formula is C22H17N3O3. The molecule has 0 radical (unpaired) electrons. The highest BCUT2D eigenvalue weighted by Gasteiger charge is 2.27. The van der Waals surface area contributed by atoms with E-state index in [-0.39, 0.29) is 12.5 Å². The molecule has 3 heterocycles. The Balaban J connectivity index is 1.29. The number of fused-ring (bicyclic) bond motifs is 2. The summed E-state index contributed by atoms with van der Waals surface area (Å²) < 4.78 is 13.3. The van der Waals surface area contributed by atoms with Crippen molar-refractivity contribution < 1.29 is 14.3 Å². The molecule has 1 unspecified atom stereocenters. The van der Waals surface area contributed by atoms with Crippen molar-refractivity contribution in [3.63, 3.8) is 0 Å². The number of para-hydroxylation sites is 2. The maximum Gasteiger partial charge on any atom is 0.269 e. The monoisotopic (exact) mass is 371 g/mol. The molecule has 4 aromatic rings. The first-order valence-electron chi connectivity index (χ1n) is 9.00. The summed E-state index contributed by atoms with van der Waals surface area (Å²) in [5.74, 6) is 0.995. The van der Waals surface area contributed by atoms with Gasteiger partial charge in [-0.1, -0.05) is 30.3 Å². The molecule has 0 saturated heterocycles. The molecule has 138 valence electrons. The largest absolute Gasteiger partial charge is 0.485 e. The Labute approximate surface area is 161 Å². The summed E-state index contributed by atoms with van der Waals surface area (Å²) in [6.07, 6.45) is 3.26. The Bertz CT molecular complexity index is 1120. The van der Waals surface area contributed by atoms with Gasteiger partial charge in [0.05, 0.1) is 5.69 Å². The van der Waals surface area contributed by atoms with Crippen LogP contribution in [0.15, 0.2) is 79.1 Å². The molecule has 1 aliphatic rings. The first kappa shape index (κ1) is 16.4. The van der Waals surface area contributed by atoms with Gasteiger partial charge in [-0.3, -0.25) is 4.79 Å². The van der Waals surface area contributed by atoms with Gasteiger partial charge in [-0.05, 0) is 36.4 Å². The second-order valence-electron chi connectivity index (χ2n) is 6.52. The van der Waals surface area contributed by atoms with Gasteiger partial charge in [-0.15, -0.1) is 0 Å². The lowest BCUT2D eigenvalue weighted by molar-refractivity contribution is -0.125. The lowest BCUT2D eigenvalue weighted by Crippen LogP contribution is -2.40. The van der Waals surface area contributed by atoms with Gasteiger partial charge in [0.1, 0.15) is 12.3 Å². The molecule has 28 heavy (non-hydrogen) atoms. The molecule has 2 aromatic heterocycles. The summed E-state index contributed by atoms with van der Waals surface area (Å²) in [6, 6.07) is 20.8. The summed E-state index contributed by atoms with van der Waals surface area (Å²) in [4.78, 5) is 17.1. The number of nitrogens with zero attached hydrogens (tertiary/aromatic N) is 2. The van der Waals surface area contributed by atoms with Crippen molar-refractivity contribution in [2.75, 3.05) is 11.9 Å². The van der Waals surface area contributed by atoms with Gasteiger partial charge in [-0.2, -0.15) is 0 Å². The standard InChI is InChI=1S/C22H17N3O3/c26-22(20-14-27-18-5-1-2-6-19(18)28-20)23-16-10-8-15(9-11-16)17-13-25-12-4-3-7-21(25)24-17/h1-13,20H,14H2,(H,23,26). The van der Waals surface area contributed by atoms with Crippen LogP contribution < -0.4 is 14.8 Å². The minimum Gasteiger partial charge on any atom is -0.485 e. The van der Waals surface area contributed by atoms with E-state index < -0.39 is 6.10 Å². The molecular weight excluding hydrogens is 354 g/mol. The molecule has 1 N–H and O–H groups in total. The van der Waals surface area contributed by atoms with Crippen LogP contribution >= 0.6 is 0 Å². The molecule has 2 aromatic carbocycles. The number of hydrogen-bond donors (Lipinski definition) is 1. The number of anilines is 1. The molecule has 1 atom stereocenters. The molecule has 6 heteroatoms. The van der Waals surface area contributed by atoms with Crippen LogP contribution in [0.1, 0.15) is 0 Å². The highest BCUT2D eigenvalue weighted by atomic mass is 16.6. The van der Waals surface area contributed by atoms with Crippen molar-refractivity contribution in [1.29, 1.82) is 0 Å². The topological polar surface area (TPSA) is 64.9 Å². The van der Waals surface area contributed by atoms with Crippen molar-refractivity contribution in [1.82, 2.24) is 9.38 Å². The van der Waals surface area contributed by atoms with Gasteiger partial charge in [0, 0.05) is 23.6 Å². The highest BCUT2D eigenvalue weighted by Crippen LogP contribution is 2.31. The number of imidazole rings is 1. The van der Waals surface area contributed by atoms with Gasteiger partial charge < -0.3 is 19.2 Å². The lowest BCUT2D eigenvalue weighted by atomic mass is 10.1. The third-order valence-corrected chi connectivity index (χ3v) is 4.61. The van der Waals surface area contributed by atoms with Gasteiger partial charge >= 0.3 is 0 Å². The van der Waals surface area contributed by atoms with Crippen molar-refractivity contribution in [3.05, 3.63) is 79.1 Å². The van der Waals surface area contributed by atoms with Crippen molar-refractivity contribution in [2.24, 2.45) is 0 Å².